The first kappa shape index (κ1) is 16.6. The van der Waals surface area contributed by atoms with E-state index in [1.54, 1.807) is 0 Å². The highest BCUT2D eigenvalue weighted by molar-refractivity contribution is 5.81. The highest BCUT2D eigenvalue weighted by Crippen LogP contribution is 2.21. The molecule has 1 aliphatic rings. The fourth-order valence-electron chi connectivity index (χ4n) is 3.05. The summed E-state index contributed by atoms with van der Waals surface area (Å²) in [5.41, 5.74) is 3.48. The molecule has 2 aromatic rings. The van der Waals surface area contributed by atoms with E-state index in [9.17, 15) is 4.79 Å². The SMILES string of the molecule is CC(Oc1ccc(C(C)C)cc1)C(=O)N1CCc2ncn(C)c2C1. The molecule has 0 spiro atoms. The number of ether oxygens (including phenoxy) is 1. The zero-order valence-electron chi connectivity index (χ0n) is 14.8. The minimum atomic E-state index is -0.496. The molecule has 3 rings (SSSR count). The number of imidazole rings is 1. The molecule has 0 saturated carbocycles. The van der Waals surface area contributed by atoms with Crippen molar-refractivity contribution < 1.29 is 9.53 Å². The summed E-state index contributed by atoms with van der Waals surface area (Å²) in [6, 6.07) is 7.99. The molecule has 1 aliphatic heterocycles. The molecule has 0 aliphatic carbocycles. The summed E-state index contributed by atoms with van der Waals surface area (Å²) in [5, 5.41) is 0. The third-order valence-electron chi connectivity index (χ3n) is 4.62. The molecule has 2 heterocycles. The van der Waals surface area contributed by atoms with Crippen molar-refractivity contribution in [2.24, 2.45) is 7.05 Å². The minimum absolute atomic E-state index is 0.0230. The molecular weight excluding hydrogens is 302 g/mol. The number of nitrogens with zero attached hydrogens (tertiary/aromatic N) is 3. The Morgan fingerprint density at radius 3 is 2.58 bits per heavy atom. The lowest BCUT2D eigenvalue weighted by Gasteiger charge is -2.29. The van der Waals surface area contributed by atoms with Crippen molar-refractivity contribution in [3.8, 4) is 5.75 Å². The van der Waals surface area contributed by atoms with E-state index in [2.05, 4.69) is 31.0 Å². The Kier molecular flexibility index (Phi) is 4.60. The Morgan fingerprint density at radius 2 is 1.92 bits per heavy atom. The van der Waals surface area contributed by atoms with Gasteiger partial charge in [-0.3, -0.25) is 4.79 Å². The predicted octanol–water partition coefficient (Wildman–Crippen LogP) is 2.90. The summed E-state index contributed by atoms with van der Waals surface area (Å²) in [4.78, 5) is 18.9. The molecule has 0 fully saturated rings. The van der Waals surface area contributed by atoms with Gasteiger partial charge >= 0.3 is 0 Å². The van der Waals surface area contributed by atoms with E-state index in [0.29, 0.717) is 19.0 Å². The Hall–Kier alpha value is -2.30. The van der Waals surface area contributed by atoms with Crippen LogP contribution in [0.1, 0.15) is 43.6 Å². The van der Waals surface area contributed by atoms with Gasteiger partial charge in [0.1, 0.15) is 5.75 Å². The molecule has 5 heteroatoms. The quantitative estimate of drug-likeness (QED) is 0.867. The summed E-state index contributed by atoms with van der Waals surface area (Å²) in [5.74, 6) is 1.24. The zero-order chi connectivity index (χ0) is 17.3. The maximum absolute atomic E-state index is 12.7. The molecule has 1 aromatic carbocycles. The lowest BCUT2D eigenvalue weighted by molar-refractivity contribution is -0.139. The normalized spacial score (nSPS) is 15.3. The largest absolute Gasteiger partial charge is 0.481 e. The number of carbonyl (C=O) groups is 1. The molecular formula is C19H25N3O2. The first-order valence-corrected chi connectivity index (χ1v) is 8.50. The Labute approximate surface area is 143 Å². The molecule has 0 radical (unpaired) electrons. The van der Waals surface area contributed by atoms with Crippen LogP contribution in [0.25, 0.3) is 0 Å². The first-order valence-electron chi connectivity index (χ1n) is 8.50. The standard InChI is InChI=1S/C19H25N3O2/c1-13(2)15-5-7-16(8-6-15)24-14(3)19(23)22-10-9-17-18(11-22)21(4)12-20-17/h5-8,12-14H,9-11H2,1-4H3. The van der Waals surface area contributed by atoms with Gasteiger partial charge in [-0.25, -0.2) is 4.98 Å². The van der Waals surface area contributed by atoms with Crippen LogP contribution >= 0.6 is 0 Å². The van der Waals surface area contributed by atoms with Crippen LogP contribution in [0.3, 0.4) is 0 Å². The van der Waals surface area contributed by atoms with Crippen LogP contribution in [-0.4, -0.2) is 33.0 Å². The summed E-state index contributed by atoms with van der Waals surface area (Å²) < 4.78 is 7.84. The molecule has 1 atom stereocenters. The minimum Gasteiger partial charge on any atom is -0.481 e. The maximum Gasteiger partial charge on any atom is 0.263 e. The summed E-state index contributed by atoms with van der Waals surface area (Å²) in [6.07, 6.45) is 2.12. The van der Waals surface area contributed by atoms with E-state index >= 15 is 0 Å². The Bertz CT molecular complexity index is 719. The van der Waals surface area contributed by atoms with E-state index in [-0.39, 0.29) is 5.91 Å². The van der Waals surface area contributed by atoms with Gasteiger partial charge in [-0.2, -0.15) is 0 Å². The third kappa shape index (κ3) is 3.30. The van der Waals surface area contributed by atoms with Crippen LogP contribution in [0.4, 0.5) is 0 Å². The maximum atomic E-state index is 12.7. The smallest absolute Gasteiger partial charge is 0.263 e. The topological polar surface area (TPSA) is 47.4 Å². The second-order valence-corrected chi connectivity index (χ2v) is 6.74. The first-order chi connectivity index (χ1) is 11.5. The lowest BCUT2D eigenvalue weighted by atomic mass is 10.0. The molecule has 1 amide bonds. The number of hydrogen-bond donors (Lipinski definition) is 0. The van der Waals surface area contributed by atoms with Gasteiger partial charge in [-0.05, 0) is 30.5 Å². The van der Waals surface area contributed by atoms with Gasteiger partial charge < -0.3 is 14.2 Å². The number of aryl methyl sites for hydroxylation is 1. The summed E-state index contributed by atoms with van der Waals surface area (Å²) in [7, 11) is 1.97. The van der Waals surface area contributed by atoms with Crippen LogP contribution in [0.15, 0.2) is 30.6 Å². The van der Waals surface area contributed by atoms with Crippen molar-refractivity contribution in [1.29, 1.82) is 0 Å². The fourth-order valence-corrected chi connectivity index (χ4v) is 3.05. The number of fused-ring (bicyclic) bond motifs is 1. The zero-order valence-corrected chi connectivity index (χ0v) is 14.8. The fraction of sp³-hybridized carbons (Fsp3) is 0.474. The van der Waals surface area contributed by atoms with Gasteiger partial charge in [-0.1, -0.05) is 26.0 Å². The number of amides is 1. The van der Waals surface area contributed by atoms with E-state index in [1.807, 2.05) is 41.9 Å². The molecule has 24 heavy (non-hydrogen) atoms. The van der Waals surface area contributed by atoms with Crippen LogP contribution in [0.2, 0.25) is 0 Å². The monoisotopic (exact) mass is 327 g/mol. The van der Waals surface area contributed by atoms with E-state index < -0.39 is 6.10 Å². The average molecular weight is 327 g/mol. The van der Waals surface area contributed by atoms with E-state index in [0.717, 1.165) is 23.6 Å². The van der Waals surface area contributed by atoms with Crippen LogP contribution in [0, 0.1) is 0 Å². The highest BCUT2D eigenvalue weighted by Gasteiger charge is 2.27. The van der Waals surface area contributed by atoms with Crippen molar-refractivity contribution >= 4 is 5.91 Å². The van der Waals surface area contributed by atoms with Crippen LogP contribution < -0.4 is 4.74 Å². The molecule has 1 aromatic heterocycles. The van der Waals surface area contributed by atoms with Gasteiger partial charge in [0.2, 0.25) is 0 Å². The van der Waals surface area contributed by atoms with Gasteiger partial charge in [0.15, 0.2) is 6.10 Å². The average Bonchev–Trinajstić information content (AvgIpc) is 2.95. The second kappa shape index (κ2) is 6.67. The number of aromatic nitrogens is 2. The van der Waals surface area contributed by atoms with Crippen molar-refractivity contribution in [3.63, 3.8) is 0 Å². The second-order valence-electron chi connectivity index (χ2n) is 6.74. The van der Waals surface area contributed by atoms with Gasteiger partial charge in [0, 0.05) is 20.0 Å². The summed E-state index contributed by atoms with van der Waals surface area (Å²) >= 11 is 0. The Morgan fingerprint density at radius 1 is 1.21 bits per heavy atom. The number of rotatable bonds is 4. The molecule has 5 nitrogen and oxygen atoms in total. The van der Waals surface area contributed by atoms with Crippen molar-refractivity contribution in [2.75, 3.05) is 6.54 Å². The van der Waals surface area contributed by atoms with Gasteiger partial charge in [0.05, 0.1) is 24.3 Å². The highest BCUT2D eigenvalue weighted by atomic mass is 16.5. The van der Waals surface area contributed by atoms with Crippen LogP contribution in [-0.2, 0) is 24.8 Å². The van der Waals surface area contributed by atoms with Crippen LogP contribution in [0.5, 0.6) is 5.75 Å². The van der Waals surface area contributed by atoms with Crippen molar-refractivity contribution in [2.45, 2.75) is 45.8 Å². The van der Waals surface area contributed by atoms with Gasteiger partial charge in [-0.15, -0.1) is 0 Å². The molecule has 1 unspecified atom stereocenters. The summed E-state index contributed by atoms with van der Waals surface area (Å²) in [6.45, 7) is 7.43. The van der Waals surface area contributed by atoms with Gasteiger partial charge in [0.25, 0.3) is 5.91 Å². The lowest BCUT2D eigenvalue weighted by Crippen LogP contribution is -2.43. The van der Waals surface area contributed by atoms with Crippen molar-refractivity contribution in [3.05, 3.63) is 47.5 Å². The molecule has 128 valence electrons. The predicted molar refractivity (Wildman–Crippen MR) is 93.0 cm³/mol. The molecule has 0 bridgehead atoms. The number of hydrogen-bond acceptors (Lipinski definition) is 3. The third-order valence-corrected chi connectivity index (χ3v) is 4.62. The van der Waals surface area contributed by atoms with E-state index in [1.165, 1.54) is 5.56 Å². The molecule has 0 saturated heterocycles. The number of carbonyl (C=O) groups excluding carboxylic acids is 1. The van der Waals surface area contributed by atoms with Crippen molar-refractivity contribution in [1.82, 2.24) is 14.5 Å². The Balaban J connectivity index is 1.64. The number of benzene rings is 1. The van der Waals surface area contributed by atoms with E-state index in [4.69, 9.17) is 4.74 Å². The molecule has 0 N–H and O–H groups in total.